The van der Waals surface area contributed by atoms with Gasteiger partial charge in [0.2, 0.25) is 10.0 Å². The fourth-order valence-corrected chi connectivity index (χ4v) is 4.60. The maximum atomic E-state index is 12.2. The van der Waals surface area contributed by atoms with Gasteiger partial charge in [-0.05, 0) is 60.2 Å². The van der Waals surface area contributed by atoms with Gasteiger partial charge in [0.15, 0.2) is 0 Å². The molecular weight excluding hydrogens is 484 g/mol. The van der Waals surface area contributed by atoms with E-state index in [2.05, 4.69) is 20.2 Å². The number of rotatable bonds is 10. The van der Waals surface area contributed by atoms with Crippen molar-refractivity contribution in [3.63, 3.8) is 0 Å². The van der Waals surface area contributed by atoms with Crippen LogP contribution < -0.4 is 14.9 Å². The summed E-state index contributed by atoms with van der Waals surface area (Å²) in [5.41, 5.74) is 3.99. The van der Waals surface area contributed by atoms with Gasteiger partial charge in [-0.25, -0.2) is 23.5 Å². The molecule has 0 unspecified atom stereocenters. The van der Waals surface area contributed by atoms with Crippen LogP contribution in [-0.2, 0) is 20.6 Å². The average Bonchev–Trinajstić information content (AvgIpc) is 2.82. The lowest BCUT2D eigenvalue weighted by Crippen LogP contribution is -2.34. The number of thioether (sulfide) groups is 1. The molecule has 8 nitrogen and oxygen atoms in total. The predicted molar refractivity (Wildman–Crippen MR) is 129 cm³/mol. The molecule has 2 N–H and O–H groups in total. The smallest absolute Gasteiger partial charge is 0.255 e. The molecule has 0 aliphatic rings. The Morgan fingerprint density at radius 2 is 1.97 bits per heavy atom. The van der Waals surface area contributed by atoms with Gasteiger partial charge in [-0.2, -0.15) is 5.10 Å². The largest absolute Gasteiger partial charge is 0.496 e. The molecule has 11 heteroatoms. The summed E-state index contributed by atoms with van der Waals surface area (Å²) in [6.45, 7) is -0.461. The molecule has 0 spiro atoms. The fraction of sp³-hybridized carbons (Fsp3) is 0.136. The van der Waals surface area contributed by atoms with Crippen molar-refractivity contribution in [2.45, 2.75) is 15.7 Å². The van der Waals surface area contributed by atoms with Crippen LogP contribution in [0.5, 0.6) is 5.75 Å². The first-order chi connectivity index (χ1) is 15.9. The lowest BCUT2D eigenvalue weighted by atomic mass is 10.1. The van der Waals surface area contributed by atoms with Gasteiger partial charge in [0.05, 0.1) is 29.8 Å². The summed E-state index contributed by atoms with van der Waals surface area (Å²) < 4.78 is 32.1. The zero-order valence-electron chi connectivity index (χ0n) is 17.6. The monoisotopic (exact) mass is 504 g/mol. The number of amides is 1. The van der Waals surface area contributed by atoms with Crippen LogP contribution in [0.3, 0.4) is 0 Å². The summed E-state index contributed by atoms with van der Waals surface area (Å²) in [6.07, 6.45) is 3.21. The van der Waals surface area contributed by atoms with Gasteiger partial charge in [0.1, 0.15) is 5.75 Å². The fourth-order valence-electron chi connectivity index (χ4n) is 2.65. The van der Waals surface area contributed by atoms with Gasteiger partial charge in [-0.1, -0.05) is 17.7 Å². The quantitative estimate of drug-likeness (QED) is 0.248. The van der Waals surface area contributed by atoms with Gasteiger partial charge < -0.3 is 4.74 Å². The lowest BCUT2D eigenvalue weighted by molar-refractivity contribution is -0.119. The molecule has 0 radical (unpaired) electrons. The Morgan fingerprint density at radius 3 is 2.67 bits per heavy atom. The first-order valence-corrected chi connectivity index (χ1v) is 12.5. The molecule has 0 aliphatic heterocycles. The van der Waals surface area contributed by atoms with E-state index in [0.717, 1.165) is 21.9 Å². The summed E-state index contributed by atoms with van der Waals surface area (Å²) in [5, 5.41) is 5.21. The number of hydrazone groups is 1. The van der Waals surface area contributed by atoms with Crippen LogP contribution in [0.15, 0.2) is 81.9 Å². The molecular formula is C22H21ClN4O4S2. The maximum absolute atomic E-state index is 12.2. The van der Waals surface area contributed by atoms with E-state index >= 15 is 0 Å². The van der Waals surface area contributed by atoms with E-state index in [-0.39, 0.29) is 4.90 Å². The van der Waals surface area contributed by atoms with Crippen LogP contribution in [0.2, 0.25) is 5.02 Å². The van der Waals surface area contributed by atoms with Crippen LogP contribution in [0.25, 0.3) is 0 Å². The number of hydrogen-bond acceptors (Lipinski definition) is 7. The molecule has 0 saturated carbocycles. The molecule has 0 bridgehead atoms. The number of methoxy groups -OCH3 is 1. The highest BCUT2D eigenvalue weighted by molar-refractivity contribution is 7.98. The van der Waals surface area contributed by atoms with E-state index in [0.29, 0.717) is 10.8 Å². The number of pyridine rings is 1. The van der Waals surface area contributed by atoms with Crippen LogP contribution >= 0.6 is 23.4 Å². The number of ether oxygens (including phenoxy) is 1. The Labute approximate surface area is 201 Å². The minimum Gasteiger partial charge on any atom is -0.496 e. The molecule has 1 heterocycles. The molecule has 0 aliphatic carbocycles. The van der Waals surface area contributed by atoms with Crippen molar-refractivity contribution >= 4 is 45.5 Å². The van der Waals surface area contributed by atoms with Gasteiger partial charge >= 0.3 is 0 Å². The first-order valence-electron chi connectivity index (χ1n) is 9.65. The van der Waals surface area contributed by atoms with Gasteiger partial charge in [-0.15, -0.1) is 11.8 Å². The Hall–Kier alpha value is -2.92. The molecule has 33 heavy (non-hydrogen) atoms. The lowest BCUT2D eigenvalue weighted by Gasteiger charge is -2.09. The van der Waals surface area contributed by atoms with E-state index in [4.69, 9.17) is 16.3 Å². The van der Waals surface area contributed by atoms with E-state index in [1.165, 1.54) is 30.5 Å². The summed E-state index contributed by atoms with van der Waals surface area (Å²) in [7, 11) is -2.23. The Bertz CT molecular complexity index is 1220. The number of benzene rings is 2. The third-order valence-corrected chi connectivity index (χ3v) is 6.93. The third-order valence-electron chi connectivity index (χ3n) is 4.27. The highest BCUT2D eigenvalue weighted by atomic mass is 35.5. The highest BCUT2D eigenvalue weighted by Gasteiger charge is 2.15. The van der Waals surface area contributed by atoms with E-state index in [1.54, 1.807) is 31.1 Å². The van der Waals surface area contributed by atoms with Crippen molar-refractivity contribution in [3.05, 3.63) is 83.0 Å². The van der Waals surface area contributed by atoms with Crippen LogP contribution in [-0.4, -0.2) is 39.2 Å². The second kappa shape index (κ2) is 11.8. The number of hydrogen-bond donors (Lipinski definition) is 2. The van der Waals surface area contributed by atoms with Gasteiger partial charge in [-0.3, -0.25) is 4.79 Å². The maximum Gasteiger partial charge on any atom is 0.255 e. The van der Waals surface area contributed by atoms with Crippen LogP contribution in [0, 0.1) is 0 Å². The number of nitrogens with one attached hydrogen (secondary N) is 2. The Morgan fingerprint density at radius 1 is 1.18 bits per heavy atom. The molecule has 0 fully saturated rings. The van der Waals surface area contributed by atoms with Gasteiger partial charge in [0, 0.05) is 22.5 Å². The van der Waals surface area contributed by atoms with E-state index in [1.807, 2.05) is 30.3 Å². The number of nitrogens with zero attached hydrogens (tertiary/aromatic N) is 2. The number of carbonyl (C=O) groups excluding carboxylic acids is 1. The average molecular weight is 505 g/mol. The van der Waals surface area contributed by atoms with Crippen LogP contribution in [0.1, 0.15) is 11.1 Å². The van der Waals surface area contributed by atoms with Crippen molar-refractivity contribution in [2.75, 3.05) is 13.7 Å². The van der Waals surface area contributed by atoms with Crippen molar-refractivity contribution in [2.24, 2.45) is 5.10 Å². The van der Waals surface area contributed by atoms with Crippen molar-refractivity contribution < 1.29 is 17.9 Å². The molecule has 1 aromatic heterocycles. The predicted octanol–water partition coefficient (Wildman–Crippen LogP) is 3.46. The molecule has 1 amide bonds. The Kier molecular flexibility index (Phi) is 8.84. The summed E-state index contributed by atoms with van der Waals surface area (Å²) in [6, 6.07) is 16.9. The zero-order chi connectivity index (χ0) is 23.7. The number of aromatic nitrogens is 1. The molecule has 3 rings (SSSR count). The van der Waals surface area contributed by atoms with Crippen molar-refractivity contribution in [1.82, 2.24) is 15.1 Å². The van der Waals surface area contributed by atoms with Gasteiger partial charge in [0.25, 0.3) is 5.91 Å². The second-order valence-electron chi connectivity index (χ2n) is 6.60. The number of carbonyl (C=O) groups is 1. The number of halogens is 1. The second-order valence-corrected chi connectivity index (χ2v) is 9.80. The molecule has 2 aromatic carbocycles. The van der Waals surface area contributed by atoms with E-state index in [9.17, 15) is 13.2 Å². The minimum absolute atomic E-state index is 0.0116. The summed E-state index contributed by atoms with van der Waals surface area (Å²) in [5.74, 6) is 0.764. The Balaban J connectivity index is 1.55. The normalized spacial score (nSPS) is 11.5. The van der Waals surface area contributed by atoms with Crippen molar-refractivity contribution in [1.29, 1.82) is 0 Å². The van der Waals surface area contributed by atoms with Crippen LogP contribution in [0.4, 0.5) is 0 Å². The minimum atomic E-state index is -3.83. The topological polar surface area (TPSA) is 110 Å². The molecule has 172 valence electrons. The van der Waals surface area contributed by atoms with E-state index < -0.39 is 22.5 Å². The van der Waals surface area contributed by atoms with Crippen molar-refractivity contribution in [3.8, 4) is 5.75 Å². The number of sulfonamides is 1. The third kappa shape index (κ3) is 7.57. The highest BCUT2D eigenvalue weighted by Crippen LogP contribution is 2.27. The SMILES string of the molecule is COc1ccc(/C=N/NC(=O)CNS(=O)(=O)c2ccc(Cl)cc2)cc1CSc1ccccn1. The standard InChI is InChI=1S/C22H21ClN4O4S2/c1-31-20-10-5-16(12-17(20)15-32-22-4-2-3-11-24-22)13-25-27-21(28)14-26-33(29,30)19-8-6-18(23)7-9-19/h2-13,26H,14-15H2,1H3,(H,27,28)/b25-13+. The summed E-state index contributed by atoms with van der Waals surface area (Å²) >= 11 is 7.33. The zero-order valence-corrected chi connectivity index (χ0v) is 20.0. The first kappa shape index (κ1) is 24.7. The summed E-state index contributed by atoms with van der Waals surface area (Å²) in [4.78, 5) is 16.3. The molecule has 0 saturated heterocycles. The molecule has 3 aromatic rings. The molecule has 0 atom stereocenters.